The molecule has 46 heteroatoms. The van der Waals surface area contributed by atoms with Gasteiger partial charge in [-0.05, 0) is 86.1 Å². The minimum absolute atomic E-state index is 0.0110. The van der Waals surface area contributed by atoms with Gasteiger partial charge in [0.25, 0.3) is 23.6 Å². The third-order valence-corrected chi connectivity index (χ3v) is 22.5. The molecule has 10 atom stereocenters. The van der Waals surface area contributed by atoms with Crippen LogP contribution in [0.25, 0.3) is 0 Å². The Morgan fingerprint density at radius 2 is 0.729 bits per heavy atom. The van der Waals surface area contributed by atoms with Gasteiger partial charge in [-0.15, -0.1) is 0 Å². The lowest BCUT2D eigenvalue weighted by atomic mass is 10.0. The summed E-state index contributed by atoms with van der Waals surface area (Å²) in [6, 6.07) is 11.5. The normalized spacial score (nSPS) is 17.9. The summed E-state index contributed by atoms with van der Waals surface area (Å²) in [4.78, 5) is 189. The van der Waals surface area contributed by atoms with Crippen LogP contribution in [0.15, 0.2) is 84.9 Å². The van der Waals surface area contributed by atoms with Gasteiger partial charge in [0.15, 0.2) is 35.5 Å². The van der Waals surface area contributed by atoms with E-state index in [0.717, 1.165) is 26.9 Å². The molecule has 0 aromatic heterocycles. The van der Waals surface area contributed by atoms with Gasteiger partial charge < -0.3 is 138 Å². The van der Waals surface area contributed by atoms with Crippen molar-refractivity contribution in [2.24, 2.45) is 11.8 Å². The van der Waals surface area contributed by atoms with Crippen molar-refractivity contribution in [1.29, 1.82) is 0 Å². The molecule has 0 aliphatic carbocycles. The standard InChI is InChI=1S/C94H130N12O34/c1-57(2)83(100-79(111)23-29-128-32-31-125-7)87(117)95-59(5)85(115)97-63-15-11-61(12-16-63)55-139-93(123)105-69-51-75(73(126-8)49-67(69)89(119)103-53-65(107)47-71(103)91(105)121)137-26-10-27-138-76-52-70-68(50-74(76)127-9)90(120)104-54-66(108)48-72(104)92(122)106(70)94(124)140-56-62-13-17-64(18-14-62)98-86(116)60(6)96-88(118)84(58(3)4)101-80(112)24-30-130-34-36-132-38-40-134-42-44-136-46-45-135-43-41-133-39-37-131-35-33-129-28-22-78(110)99-77(109)21-25-102-81(113)19-20-82(102)114/h11-20,49-52,57-60,65-66,71-72,83-84,91-92,107-108,121-122H,10,21-48,53-56H2,1-9H3,(H,95,117)(H,96,118)(H,97,115)(H,98,116)(H,100,111)(H,101,112)(H,99,109,110)/t59-,60-,65+,66+,71+,72+,83-,84-,91+,92+/m1/s1. The van der Waals surface area contributed by atoms with E-state index < -0.39 is 144 Å². The Hall–Kier alpha value is -12.2. The molecule has 770 valence electrons. The summed E-state index contributed by atoms with van der Waals surface area (Å²) in [7, 11) is 4.18. The number of hydrogen-bond donors (Lipinski definition) is 11. The lowest BCUT2D eigenvalue weighted by molar-refractivity contribution is -0.137. The van der Waals surface area contributed by atoms with E-state index in [1.165, 1.54) is 93.5 Å². The molecule has 2 saturated heterocycles. The summed E-state index contributed by atoms with van der Waals surface area (Å²) in [5, 5.41) is 64.0. The molecule has 9 rings (SSSR count). The molecule has 5 aliphatic heterocycles. The summed E-state index contributed by atoms with van der Waals surface area (Å²) in [6.07, 6.45) is -5.91. The Labute approximate surface area is 809 Å². The number of carbonyl (C=O) groups is 14. The molecule has 11 N–H and O–H groups in total. The van der Waals surface area contributed by atoms with Crippen LogP contribution in [0.4, 0.5) is 32.3 Å². The Morgan fingerprint density at radius 1 is 0.393 bits per heavy atom. The van der Waals surface area contributed by atoms with Crippen LogP contribution in [0.2, 0.25) is 0 Å². The minimum atomic E-state index is -1.76. The molecular weight excluding hydrogens is 1840 g/mol. The van der Waals surface area contributed by atoms with E-state index in [9.17, 15) is 87.5 Å². The fourth-order valence-corrected chi connectivity index (χ4v) is 15.0. The molecule has 140 heavy (non-hydrogen) atoms. The van der Waals surface area contributed by atoms with Crippen LogP contribution in [0.5, 0.6) is 23.0 Å². The van der Waals surface area contributed by atoms with Crippen LogP contribution >= 0.6 is 0 Å². The number of methoxy groups -OCH3 is 3. The van der Waals surface area contributed by atoms with Crippen molar-refractivity contribution in [3.8, 4) is 23.0 Å². The predicted octanol–water partition coefficient (Wildman–Crippen LogP) is 1.74. The maximum Gasteiger partial charge on any atom is 0.416 e. The van der Waals surface area contributed by atoms with Gasteiger partial charge in [0, 0.05) is 88.1 Å². The van der Waals surface area contributed by atoms with Crippen molar-refractivity contribution in [3.63, 3.8) is 0 Å². The van der Waals surface area contributed by atoms with Crippen LogP contribution in [0, 0.1) is 11.8 Å². The summed E-state index contributed by atoms with van der Waals surface area (Å²) >= 11 is 0. The second kappa shape index (κ2) is 57.5. The zero-order valence-electron chi connectivity index (χ0n) is 80.1. The Bertz CT molecular complexity index is 4790. The topological polar surface area (TPSA) is 568 Å². The number of anilines is 4. The molecule has 5 aliphatic rings. The average molecular weight is 1970 g/mol. The van der Waals surface area contributed by atoms with Crippen LogP contribution in [0.1, 0.15) is 118 Å². The molecule has 0 bridgehead atoms. The number of ether oxygens (including phenoxy) is 16. The van der Waals surface area contributed by atoms with E-state index in [1.54, 1.807) is 52.0 Å². The number of hydrogen-bond acceptors (Lipinski definition) is 34. The third-order valence-electron chi connectivity index (χ3n) is 22.5. The number of imide groups is 2. The van der Waals surface area contributed by atoms with Crippen LogP contribution in [-0.2, 0) is 118 Å². The number of nitrogens with one attached hydrogen (secondary N) is 7. The maximum atomic E-state index is 14.5. The Kier molecular flexibility index (Phi) is 45.8. The first-order valence-electron chi connectivity index (χ1n) is 46.3. The van der Waals surface area contributed by atoms with E-state index >= 15 is 0 Å². The first kappa shape index (κ1) is 111. The van der Waals surface area contributed by atoms with Gasteiger partial charge in [-0.2, -0.15) is 0 Å². The van der Waals surface area contributed by atoms with E-state index in [1.807, 2.05) is 0 Å². The van der Waals surface area contributed by atoms with Crippen molar-refractivity contribution < 1.29 is 163 Å². The second-order valence-corrected chi connectivity index (χ2v) is 33.6. The zero-order chi connectivity index (χ0) is 101. The van der Waals surface area contributed by atoms with Crippen molar-refractivity contribution >= 4 is 106 Å². The highest BCUT2D eigenvalue weighted by Crippen LogP contribution is 2.44. The van der Waals surface area contributed by atoms with Crippen LogP contribution < -0.4 is 66.0 Å². The summed E-state index contributed by atoms with van der Waals surface area (Å²) < 4.78 is 89.7. The van der Waals surface area contributed by atoms with Crippen molar-refractivity contribution in [3.05, 3.63) is 107 Å². The van der Waals surface area contributed by atoms with Crippen molar-refractivity contribution in [2.75, 3.05) is 200 Å². The molecule has 46 nitrogen and oxygen atoms in total. The number of nitrogens with zero attached hydrogens (tertiary/aromatic N) is 5. The maximum absolute atomic E-state index is 14.5. The van der Waals surface area contributed by atoms with E-state index in [2.05, 4.69) is 37.2 Å². The van der Waals surface area contributed by atoms with E-state index in [4.69, 9.17) is 75.8 Å². The van der Waals surface area contributed by atoms with Gasteiger partial charge in [0.2, 0.25) is 47.3 Å². The fourth-order valence-electron chi connectivity index (χ4n) is 15.0. The summed E-state index contributed by atoms with van der Waals surface area (Å²) in [5.41, 5.74) is 1.07. The first-order valence-corrected chi connectivity index (χ1v) is 46.3. The van der Waals surface area contributed by atoms with Gasteiger partial charge in [-0.3, -0.25) is 67.8 Å². The number of aliphatic hydroxyl groups excluding tert-OH is 4. The lowest BCUT2D eigenvalue weighted by Crippen LogP contribution is -2.53. The Balaban J connectivity index is 0.663. The highest BCUT2D eigenvalue weighted by molar-refractivity contribution is 6.13. The molecule has 0 spiro atoms. The molecule has 14 amide bonds. The highest BCUT2D eigenvalue weighted by Gasteiger charge is 2.50. The molecular formula is C94H130N12O34. The summed E-state index contributed by atoms with van der Waals surface area (Å²) in [5.74, 6) is -7.17. The molecule has 0 saturated carbocycles. The Morgan fingerprint density at radius 3 is 1.07 bits per heavy atom. The second-order valence-electron chi connectivity index (χ2n) is 33.6. The lowest BCUT2D eigenvalue weighted by Gasteiger charge is -2.31. The first-order chi connectivity index (χ1) is 67.3. The number of fused-ring (bicyclic) bond motifs is 4. The van der Waals surface area contributed by atoms with E-state index in [0.29, 0.717) is 102 Å². The molecule has 2 fully saturated rings. The molecule has 0 radical (unpaired) electrons. The molecule has 4 aromatic rings. The molecule has 0 unspecified atom stereocenters. The summed E-state index contributed by atoms with van der Waals surface area (Å²) in [6.45, 7) is 13.8. The fraction of sp³-hybridized carbons (Fsp3) is 0.574. The zero-order valence-corrected chi connectivity index (χ0v) is 80.1. The third kappa shape index (κ3) is 34.1. The van der Waals surface area contributed by atoms with Gasteiger partial charge >= 0.3 is 12.2 Å². The smallest absolute Gasteiger partial charge is 0.416 e. The number of benzene rings is 4. The predicted molar refractivity (Wildman–Crippen MR) is 495 cm³/mol. The molecule has 5 heterocycles. The highest BCUT2D eigenvalue weighted by atomic mass is 16.6. The SMILES string of the molecule is COCCOCCC(=O)N[C@@H](C(=O)N[C@H](C)C(=O)Nc1ccc(COC(=O)N2c3cc(OCCCOc4cc5c(cc4OC)C(=O)N4C[C@@H](O)C[C@H]4[C@H](O)N5C(=O)OCc4ccc(NC(=O)[C@@H](C)NC(=O)[C@H](NC(=O)CCOCCOCCOCCOCCOCCOCCOCCOCCC(=O)NC(=O)CCN5C(=O)C=CC5=O)C(C)C)cc4)c(OC)cc3C(=O)N3C[C@@H](O)C[C@H]3[C@@H]2O)cc1)C(C)C. The quantitative estimate of drug-likeness (QED) is 0.0221. The van der Waals surface area contributed by atoms with Gasteiger partial charge in [-0.25, -0.2) is 19.4 Å². The van der Waals surface area contributed by atoms with Gasteiger partial charge in [0.1, 0.15) is 37.4 Å². The van der Waals surface area contributed by atoms with Crippen LogP contribution in [0.3, 0.4) is 0 Å². The average Bonchev–Trinajstić information content (AvgIpc) is 1.60. The van der Waals surface area contributed by atoms with Gasteiger partial charge in [-0.1, -0.05) is 52.0 Å². The monoisotopic (exact) mass is 1970 g/mol. The number of carbonyl (C=O) groups excluding carboxylic acids is 14. The van der Waals surface area contributed by atoms with Crippen molar-refractivity contribution in [2.45, 2.75) is 161 Å². The number of aliphatic hydroxyl groups is 4. The van der Waals surface area contributed by atoms with Gasteiger partial charge in [0.05, 0.1) is 206 Å². The van der Waals surface area contributed by atoms with E-state index in [-0.39, 0.29) is 195 Å². The van der Waals surface area contributed by atoms with Crippen LogP contribution in [-0.4, -0.2) is 359 Å². The van der Waals surface area contributed by atoms with Crippen molar-refractivity contribution in [1.82, 2.24) is 41.3 Å². The number of rotatable bonds is 60. The largest absolute Gasteiger partial charge is 0.493 e. The minimum Gasteiger partial charge on any atom is -0.493 e. The number of amides is 14. The molecule has 4 aromatic carbocycles.